The van der Waals surface area contributed by atoms with E-state index in [0.29, 0.717) is 39.1 Å². The second-order valence-corrected chi connectivity index (χ2v) is 10.8. The van der Waals surface area contributed by atoms with Crippen LogP contribution in [0.1, 0.15) is 28.1 Å². The predicted octanol–water partition coefficient (Wildman–Crippen LogP) is 5.39. The van der Waals surface area contributed by atoms with Crippen molar-refractivity contribution in [3.05, 3.63) is 81.5 Å². The molecular weight excluding hydrogens is 457 g/mol. The average molecular weight is 478 g/mol. The molecule has 4 rings (SSSR count). The van der Waals surface area contributed by atoms with Crippen molar-refractivity contribution in [1.29, 1.82) is 0 Å². The number of halogens is 2. The van der Waals surface area contributed by atoms with E-state index >= 15 is 0 Å². The van der Waals surface area contributed by atoms with Crippen LogP contribution in [0, 0.1) is 6.92 Å². The van der Waals surface area contributed by atoms with E-state index < -0.39 is 15.9 Å². The first-order valence-corrected chi connectivity index (χ1v) is 12.4. The van der Waals surface area contributed by atoms with Gasteiger partial charge in [0.05, 0.1) is 23.1 Å². The molecule has 1 saturated heterocycles. The molecule has 2 aromatic carbocycles. The number of carbonyl (C=O) groups is 1. The van der Waals surface area contributed by atoms with Gasteiger partial charge in [-0.05, 0) is 55.3 Å². The lowest BCUT2D eigenvalue weighted by Crippen LogP contribution is -2.40. The summed E-state index contributed by atoms with van der Waals surface area (Å²) in [5.41, 5.74) is 2.04. The Hall–Kier alpha value is -2.28. The number of furan rings is 1. The van der Waals surface area contributed by atoms with Crippen molar-refractivity contribution in [1.82, 2.24) is 4.90 Å². The smallest absolute Gasteiger partial charge is 0.254 e. The minimum atomic E-state index is -3.16. The SMILES string of the molecule is Cc1ccccc1C(=O)N(Cc1ccc(-c2cc(Cl)ccc2Cl)o1)[C@@H]1CCS(=O)(=O)C1. The zero-order chi connectivity index (χ0) is 22.2. The fraction of sp³-hybridized carbons (Fsp3) is 0.261. The number of aryl methyl sites for hydroxylation is 1. The van der Waals surface area contributed by atoms with E-state index in [0.717, 1.165) is 5.56 Å². The van der Waals surface area contributed by atoms with Gasteiger partial charge in [0.15, 0.2) is 9.84 Å². The maximum absolute atomic E-state index is 13.4. The molecule has 2 heterocycles. The van der Waals surface area contributed by atoms with Crippen molar-refractivity contribution in [2.24, 2.45) is 0 Å². The van der Waals surface area contributed by atoms with Gasteiger partial charge >= 0.3 is 0 Å². The Morgan fingerprint density at radius 2 is 1.90 bits per heavy atom. The van der Waals surface area contributed by atoms with Crippen molar-refractivity contribution < 1.29 is 17.6 Å². The Labute approximate surface area is 191 Å². The van der Waals surface area contributed by atoms with E-state index in [1.165, 1.54) is 0 Å². The van der Waals surface area contributed by atoms with Crippen LogP contribution in [0.5, 0.6) is 0 Å². The molecule has 0 saturated carbocycles. The van der Waals surface area contributed by atoms with Gasteiger partial charge in [0.2, 0.25) is 0 Å². The molecule has 162 valence electrons. The van der Waals surface area contributed by atoms with Crippen LogP contribution < -0.4 is 0 Å². The fourth-order valence-corrected chi connectivity index (χ4v) is 5.93. The first-order valence-electron chi connectivity index (χ1n) is 9.85. The van der Waals surface area contributed by atoms with Crippen LogP contribution in [0.4, 0.5) is 0 Å². The van der Waals surface area contributed by atoms with Gasteiger partial charge in [-0.15, -0.1) is 0 Å². The summed E-state index contributed by atoms with van der Waals surface area (Å²) in [5.74, 6) is 0.899. The highest BCUT2D eigenvalue weighted by molar-refractivity contribution is 7.91. The van der Waals surface area contributed by atoms with Crippen LogP contribution in [-0.2, 0) is 16.4 Å². The second-order valence-electron chi connectivity index (χ2n) is 7.69. The molecule has 1 aliphatic rings. The van der Waals surface area contributed by atoms with Crippen molar-refractivity contribution in [2.75, 3.05) is 11.5 Å². The molecule has 1 amide bonds. The van der Waals surface area contributed by atoms with Crippen LogP contribution in [0.3, 0.4) is 0 Å². The molecule has 0 radical (unpaired) electrons. The summed E-state index contributed by atoms with van der Waals surface area (Å²) in [6, 6.07) is 15.5. The molecule has 0 spiro atoms. The third-order valence-electron chi connectivity index (χ3n) is 5.47. The van der Waals surface area contributed by atoms with E-state index in [4.69, 9.17) is 27.6 Å². The number of nitrogens with zero attached hydrogens (tertiary/aromatic N) is 1. The summed E-state index contributed by atoms with van der Waals surface area (Å²) in [4.78, 5) is 15.0. The Bertz CT molecular complexity index is 1240. The van der Waals surface area contributed by atoms with Crippen LogP contribution >= 0.6 is 23.2 Å². The quantitative estimate of drug-likeness (QED) is 0.493. The van der Waals surface area contributed by atoms with Gasteiger partial charge < -0.3 is 9.32 Å². The van der Waals surface area contributed by atoms with Crippen molar-refractivity contribution in [2.45, 2.75) is 25.9 Å². The molecule has 0 aliphatic carbocycles. The lowest BCUT2D eigenvalue weighted by atomic mass is 10.1. The molecule has 3 aromatic rings. The van der Waals surface area contributed by atoms with Crippen molar-refractivity contribution in [3.8, 4) is 11.3 Å². The molecule has 0 bridgehead atoms. The highest BCUT2D eigenvalue weighted by atomic mass is 35.5. The summed E-state index contributed by atoms with van der Waals surface area (Å²) in [5, 5.41) is 1.03. The zero-order valence-corrected chi connectivity index (χ0v) is 19.2. The molecule has 1 atom stereocenters. The normalized spacial score (nSPS) is 17.6. The molecule has 1 aliphatic heterocycles. The highest BCUT2D eigenvalue weighted by Gasteiger charge is 2.35. The van der Waals surface area contributed by atoms with Gasteiger partial charge in [-0.1, -0.05) is 41.4 Å². The fourth-order valence-electron chi connectivity index (χ4n) is 3.82. The molecule has 5 nitrogen and oxygen atoms in total. The Balaban J connectivity index is 1.66. The van der Waals surface area contributed by atoms with Gasteiger partial charge in [0.25, 0.3) is 5.91 Å². The molecule has 31 heavy (non-hydrogen) atoms. The van der Waals surface area contributed by atoms with Crippen LogP contribution in [0.25, 0.3) is 11.3 Å². The molecular formula is C23H21Cl2NO4S. The summed E-state index contributed by atoms with van der Waals surface area (Å²) in [7, 11) is -3.16. The lowest BCUT2D eigenvalue weighted by Gasteiger charge is -2.28. The third kappa shape index (κ3) is 4.81. The Morgan fingerprint density at radius 3 is 2.61 bits per heavy atom. The number of hydrogen-bond acceptors (Lipinski definition) is 4. The van der Waals surface area contributed by atoms with Gasteiger partial charge in [-0.25, -0.2) is 8.42 Å². The van der Waals surface area contributed by atoms with Crippen LogP contribution in [0.15, 0.2) is 59.0 Å². The van der Waals surface area contributed by atoms with Crippen molar-refractivity contribution >= 4 is 38.9 Å². The van der Waals surface area contributed by atoms with Gasteiger partial charge in [0, 0.05) is 22.2 Å². The molecule has 0 unspecified atom stereocenters. The summed E-state index contributed by atoms with van der Waals surface area (Å²) in [6.45, 7) is 2.02. The first kappa shape index (κ1) is 21.9. The van der Waals surface area contributed by atoms with E-state index in [1.807, 2.05) is 19.1 Å². The largest absolute Gasteiger partial charge is 0.459 e. The van der Waals surface area contributed by atoms with Gasteiger partial charge in [-0.3, -0.25) is 4.79 Å². The molecule has 1 fully saturated rings. The lowest BCUT2D eigenvalue weighted by molar-refractivity contribution is 0.0666. The summed E-state index contributed by atoms with van der Waals surface area (Å²) >= 11 is 12.4. The predicted molar refractivity (Wildman–Crippen MR) is 122 cm³/mol. The number of rotatable bonds is 5. The minimum absolute atomic E-state index is 0.0433. The molecule has 0 N–H and O–H groups in total. The summed E-state index contributed by atoms with van der Waals surface area (Å²) in [6.07, 6.45) is 0.410. The third-order valence-corrected chi connectivity index (χ3v) is 7.78. The van der Waals surface area contributed by atoms with E-state index in [1.54, 1.807) is 47.4 Å². The maximum Gasteiger partial charge on any atom is 0.254 e. The zero-order valence-electron chi connectivity index (χ0n) is 16.8. The first-order chi connectivity index (χ1) is 14.7. The number of benzene rings is 2. The second kappa shape index (κ2) is 8.69. The average Bonchev–Trinajstić information content (AvgIpc) is 3.34. The topological polar surface area (TPSA) is 67.6 Å². The van der Waals surface area contributed by atoms with E-state index in [-0.39, 0.29) is 24.0 Å². The molecule has 8 heteroatoms. The van der Waals surface area contributed by atoms with Crippen molar-refractivity contribution in [3.63, 3.8) is 0 Å². The standard InChI is InChI=1S/C23H21Cl2NO4S/c1-15-4-2-3-5-19(15)23(27)26(17-10-11-31(28,29)14-17)13-18-7-9-22(30-18)20-12-16(24)6-8-21(20)25/h2-9,12,17H,10-11,13-14H2,1H3/t17-/m1/s1. The van der Waals surface area contributed by atoms with Gasteiger partial charge in [0.1, 0.15) is 11.5 Å². The van der Waals surface area contributed by atoms with E-state index in [9.17, 15) is 13.2 Å². The van der Waals surface area contributed by atoms with Crippen LogP contribution in [0.2, 0.25) is 10.0 Å². The van der Waals surface area contributed by atoms with Gasteiger partial charge in [-0.2, -0.15) is 0 Å². The molecule has 1 aromatic heterocycles. The number of carbonyl (C=O) groups excluding carboxylic acids is 1. The number of hydrogen-bond donors (Lipinski definition) is 0. The highest BCUT2D eigenvalue weighted by Crippen LogP contribution is 2.33. The Kier molecular flexibility index (Phi) is 6.15. The monoisotopic (exact) mass is 477 g/mol. The maximum atomic E-state index is 13.4. The minimum Gasteiger partial charge on any atom is -0.459 e. The van der Waals surface area contributed by atoms with E-state index in [2.05, 4.69) is 0 Å². The Morgan fingerprint density at radius 1 is 1.13 bits per heavy atom. The number of sulfone groups is 1. The number of amides is 1. The summed E-state index contributed by atoms with van der Waals surface area (Å²) < 4.78 is 30.2. The van der Waals surface area contributed by atoms with Crippen LogP contribution in [-0.4, -0.2) is 36.8 Å².